The zero-order chi connectivity index (χ0) is 14.8. The molecular formula is C18H21NO2. The van der Waals surface area contributed by atoms with Gasteiger partial charge in [0, 0.05) is 11.3 Å². The number of benzene rings is 2. The lowest BCUT2D eigenvalue weighted by Gasteiger charge is -2.34. The van der Waals surface area contributed by atoms with E-state index in [1.54, 1.807) is 14.2 Å². The summed E-state index contributed by atoms with van der Waals surface area (Å²) < 4.78 is 11.0. The van der Waals surface area contributed by atoms with Crippen LogP contribution in [0.2, 0.25) is 0 Å². The summed E-state index contributed by atoms with van der Waals surface area (Å²) >= 11 is 0. The second-order valence-electron chi connectivity index (χ2n) is 5.54. The third-order valence-electron chi connectivity index (χ3n) is 4.21. The van der Waals surface area contributed by atoms with Crippen LogP contribution in [0.4, 0.5) is 5.69 Å². The fraction of sp³-hybridized carbons (Fsp3) is 0.333. The Hall–Kier alpha value is -2.16. The summed E-state index contributed by atoms with van der Waals surface area (Å²) in [5, 5.41) is 3.65. The smallest absolute Gasteiger partial charge is 0.165 e. The zero-order valence-electron chi connectivity index (χ0n) is 12.7. The maximum absolute atomic E-state index is 5.59. The molecule has 2 aromatic rings. The van der Waals surface area contributed by atoms with Gasteiger partial charge in [0.15, 0.2) is 11.5 Å². The van der Waals surface area contributed by atoms with E-state index in [9.17, 15) is 0 Å². The minimum atomic E-state index is 0.227. The Labute approximate surface area is 125 Å². The lowest BCUT2D eigenvalue weighted by molar-refractivity contribution is 0.345. The highest BCUT2D eigenvalue weighted by Gasteiger charge is 2.28. The van der Waals surface area contributed by atoms with Gasteiger partial charge in [0.2, 0.25) is 0 Å². The van der Waals surface area contributed by atoms with Gasteiger partial charge >= 0.3 is 0 Å². The van der Waals surface area contributed by atoms with E-state index in [1.807, 2.05) is 12.1 Å². The monoisotopic (exact) mass is 283 g/mol. The molecule has 0 amide bonds. The van der Waals surface area contributed by atoms with Crippen LogP contribution < -0.4 is 14.8 Å². The molecule has 1 aliphatic rings. The van der Waals surface area contributed by atoms with Gasteiger partial charge in [-0.15, -0.1) is 0 Å². The SMILES string of the molecule is COc1cccc(C2Nc3ccccc3CC2C)c1OC. The van der Waals surface area contributed by atoms with Crippen molar-refractivity contribution < 1.29 is 9.47 Å². The predicted octanol–water partition coefficient (Wildman–Crippen LogP) is 4.05. The van der Waals surface area contributed by atoms with Crippen LogP contribution in [0, 0.1) is 5.92 Å². The molecule has 3 nitrogen and oxygen atoms in total. The van der Waals surface area contributed by atoms with Crippen molar-refractivity contribution in [1.82, 2.24) is 0 Å². The Bertz CT molecular complexity index is 639. The lowest BCUT2D eigenvalue weighted by atomic mass is 9.84. The van der Waals surface area contributed by atoms with Crippen molar-refractivity contribution in [3.63, 3.8) is 0 Å². The van der Waals surface area contributed by atoms with Crippen LogP contribution in [0.3, 0.4) is 0 Å². The van der Waals surface area contributed by atoms with Gasteiger partial charge < -0.3 is 14.8 Å². The van der Waals surface area contributed by atoms with Crippen LogP contribution in [-0.2, 0) is 6.42 Å². The Balaban J connectivity index is 2.02. The summed E-state index contributed by atoms with van der Waals surface area (Å²) in [6, 6.07) is 14.8. The number of rotatable bonds is 3. The number of anilines is 1. The standard InChI is InChI=1S/C18H21NO2/c1-12-11-13-7-4-5-9-15(13)19-17(12)14-8-6-10-16(20-2)18(14)21-3/h4-10,12,17,19H,11H2,1-3H3. The Kier molecular flexibility index (Phi) is 3.74. The molecule has 0 saturated heterocycles. The molecule has 3 heteroatoms. The molecule has 0 saturated carbocycles. The number of fused-ring (bicyclic) bond motifs is 1. The van der Waals surface area contributed by atoms with E-state index >= 15 is 0 Å². The summed E-state index contributed by atoms with van der Waals surface area (Å²) in [6.45, 7) is 2.27. The van der Waals surface area contributed by atoms with E-state index in [0.717, 1.165) is 23.5 Å². The lowest BCUT2D eigenvalue weighted by Crippen LogP contribution is -2.26. The molecule has 1 heterocycles. The van der Waals surface area contributed by atoms with Gasteiger partial charge in [0.05, 0.1) is 20.3 Å². The Morgan fingerprint density at radius 2 is 1.81 bits per heavy atom. The minimum Gasteiger partial charge on any atom is -0.493 e. The van der Waals surface area contributed by atoms with Gasteiger partial charge in [0.1, 0.15) is 0 Å². The number of methoxy groups -OCH3 is 2. The van der Waals surface area contributed by atoms with Crippen LogP contribution in [0.1, 0.15) is 24.1 Å². The van der Waals surface area contributed by atoms with E-state index in [2.05, 4.69) is 42.6 Å². The Morgan fingerprint density at radius 1 is 1.00 bits per heavy atom. The molecule has 2 aromatic carbocycles. The van der Waals surface area contributed by atoms with E-state index in [0.29, 0.717) is 5.92 Å². The molecule has 3 rings (SSSR count). The third kappa shape index (κ3) is 2.44. The first-order chi connectivity index (χ1) is 10.2. The predicted molar refractivity (Wildman–Crippen MR) is 85.2 cm³/mol. The highest BCUT2D eigenvalue weighted by molar-refractivity contribution is 5.58. The summed E-state index contributed by atoms with van der Waals surface area (Å²) in [6.07, 6.45) is 1.06. The second kappa shape index (κ2) is 5.68. The quantitative estimate of drug-likeness (QED) is 0.922. The van der Waals surface area contributed by atoms with Crippen LogP contribution in [0.5, 0.6) is 11.5 Å². The molecule has 2 atom stereocenters. The number of hydrogen-bond donors (Lipinski definition) is 1. The topological polar surface area (TPSA) is 30.5 Å². The highest BCUT2D eigenvalue weighted by atomic mass is 16.5. The third-order valence-corrected chi connectivity index (χ3v) is 4.21. The average Bonchev–Trinajstić information content (AvgIpc) is 2.53. The molecule has 0 fully saturated rings. The van der Waals surface area contributed by atoms with E-state index in [4.69, 9.17) is 9.47 Å². The molecule has 21 heavy (non-hydrogen) atoms. The number of hydrogen-bond acceptors (Lipinski definition) is 3. The molecule has 1 aliphatic heterocycles. The number of ether oxygens (including phenoxy) is 2. The van der Waals surface area contributed by atoms with Crippen molar-refractivity contribution >= 4 is 5.69 Å². The van der Waals surface area contributed by atoms with E-state index in [-0.39, 0.29) is 6.04 Å². The van der Waals surface area contributed by atoms with Gasteiger partial charge in [-0.25, -0.2) is 0 Å². The van der Waals surface area contributed by atoms with Crippen molar-refractivity contribution in [2.24, 2.45) is 5.92 Å². The fourth-order valence-corrected chi connectivity index (χ4v) is 3.15. The highest BCUT2D eigenvalue weighted by Crippen LogP contribution is 2.42. The summed E-state index contributed by atoms with van der Waals surface area (Å²) in [5.74, 6) is 2.09. The molecule has 110 valence electrons. The fourth-order valence-electron chi connectivity index (χ4n) is 3.15. The zero-order valence-corrected chi connectivity index (χ0v) is 12.7. The average molecular weight is 283 g/mol. The van der Waals surface area contributed by atoms with E-state index in [1.165, 1.54) is 11.3 Å². The van der Waals surface area contributed by atoms with Crippen molar-refractivity contribution in [2.45, 2.75) is 19.4 Å². The normalized spacial score (nSPS) is 20.3. The molecule has 0 aromatic heterocycles. The van der Waals surface area contributed by atoms with Gasteiger partial charge in [-0.2, -0.15) is 0 Å². The van der Waals surface area contributed by atoms with Crippen LogP contribution >= 0.6 is 0 Å². The Morgan fingerprint density at radius 3 is 2.57 bits per heavy atom. The van der Waals surface area contributed by atoms with Crippen molar-refractivity contribution in [1.29, 1.82) is 0 Å². The molecule has 0 spiro atoms. The minimum absolute atomic E-state index is 0.227. The first-order valence-corrected chi connectivity index (χ1v) is 7.30. The van der Waals surface area contributed by atoms with E-state index < -0.39 is 0 Å². The van der Waals surface area contributed by atoms with Gasteiger partial charge in [-0.1, -0.05) is 37.3 Å². The second-order valence-corrected chi connectivity index (χ2v) is 5.54. The van der Waals surface area contributed by atoms with Crippen LogP contribution in [0.15, 0.2) is 42.5 Å². The van der Waals surface area contributed by atoms with Crippen molar-refractivity contribution in [3.8, 4) is 11.5 Å². The first-order valence-electron chi connectivity index (χ1n) is 7.30. The molecule has 0 radical (unpaired) electrons. The number of para-hydroxylation sites is 2. The maximum Gasteiger partial charge on any atom is 0.165 e. The van der Waals surface area contributed by atoms with Crippen molar-refractivity contribution in [3.05, 3.63) is 53.6 Å². The van der Waals surface area contributed by atoms with Gasteiger partial charge in [-0.3, -0.25) is 0 Å². The summed E-state index contributed by atoms with van der Waals surface area (Å²) in [4.78, 5) is 0. The van der Waals surface area contributed by atoms with Gasteiger partial charge in [-0.05, 0) is 30.0 Å². The first kappa shape index (κ1) is 13.8. The molecule has 1 N–H and O–H groups in total. The maximum atomic E-state index is 5.59. The molecule has 0 bridgehead atoms. The molecular weight excluding hydrogens is 262 g/mol. The summed E-state index contributed by atoms with van der Waals surface area (Å²) in [7, 11) is 3.37. The summed E-state index contributed by atoms with van der Waals surface area (Å²) in [5.41, 5.74) is 3.74. The van der Waals surface area contributed by atoms with Crippen LogP contribution in [0.25, 0.3) is 0 Å². The molecule has 2 unspecified atom stereocenters. The molecule has 0 aliphatic carbocycles. The number of nitrogens with one attached hydrogen (secondary N) is 1. The largest absolute Gasteiger partial charge is 0.493 e. The van der Waals surface area contributed by atoms with Gasteiger partial charge in [0.25, 0.3) is 0 Å². The van der Waals surface area contributed by atoms with Crippen LogP contribution in [-0.4, -0.2) is 14.2 Å². The van der Waals surface area contributed by atoms with Crippen molar-refractivity contribution in [2.75, 3.05) is 19.5 Å².